The predicted octanol–water partition coefficient (Wildman–Crippen LogP) is 1.91. The van der Waals surface area contributed by atoms with E-state index < -0.39 is 0 Å². The lowest BCUT2D eigenvalue weighted by molar-refractivity contribution is 0.175. The molecule has 4 rings (SSSR count). The van der Waals surface area contributed by atoms with E-state index in [1.54, 1.807) is 16.8 Å². The summed E-state index contributed by atoms with van der Waals surface area (Å²) in [5.74, 6) is 1.000. The number of pyridine rings is 1. The molecule has 0 spiro atoms. The van der Waals surface area contributed by atoms with Crippen LogP contribution in [-0.4, -0.2) is 53.6 Å². The van der Waals surface area contributed by atoms with Gasteiger partial charge < -0.3 is 20.3 Å². The monoisotopic (exact) mass is 380 g/mol. The van der Waals surface area contributed by atoms with Gasteiger partial charge in [-0.2, -0.15) is 0 Å². The molecule has 28 heavy (non-hydrogen) atoms. The summed E-state index contributed by atoms with van der Waals surface area (Å²) in [4.78, 5) is 4.26. The first-order valence-corrected chi connectivity index (χ1v) is 9.83. The Morgan fingerprint density at radius 2 is 1.75 bits per heavy atom. The second-order valence-electron chi connectivity index (χ2n) is 7.65. The lowest BCUT2D eigenvalue weighted by atomic mass is 9.86. The van der Waals surface area contributed by atoms with Crippen molar-refractivity contribution in [1.29, 1.82) is 10.8 Å². The van der Waals surface area contributed by atoms with E-state index in [-0.39, 0.29) is 17.6 Å². The van der Waals surface area contributed by atoms with E-state index in [1.165, 1.54) is 0 Å². The van der Waals surface area contributed by atoms with Gasteiger partial charge in [0.2, 0.25) is 5.96 Å². The number of benzene rings is 1. The Hall–Kier alpha value is -2.64. The fourth-order valence-corrected chi connectivity index (χ4v) is 3.97. The van der Waals surface area contributed by atoms with E-state index in [9.17, 15) is 0 Å². The number of nitrogens with two attached hydrogens (primary N) is 1. The molecule has 0 radical (unpaired) electrons. The standard InChI is InChI=1S/C21H28N6O/c1-25-10-12-26(13-11-25)21(24)27-14-15(6-9-20(27)23)28-19-8-7-18(22)16-4-2-3-5-17(16)19/h2-6,9,14,18-19,23-24H,7-8,10-13,22H2,1H3. The van der Waals surface area contributed by atoms with Crippen LogP contribution in [0.5, 0.6) is 5.75 Å². The first-order chi connectivity index (χ1) is 13.5. The van der Waals surface area contributed by atoms with Gasteiger partial charge in [0.15, 0.2) is 0 Å². The van der Waals surface area contributed by atoms with Crippen molar-refractivity contribution < 1.29 is 4.74 Å². The second kappa shape index (κ2) is 7.77. The van der Waals surface area contributed by atoms with E-state index in [0.29, 0.717) is 11.7 Å². The maximum atomic E-state index is 8.57. The van der Waals surface area contributed by atoms with Crippen LogP contribution in [-0.2, 0) is 0 Å². The number of ether oxygens (including phenoxy) is 1. The van der Waals surface area contributed by atoms with Crippen LogP contribution in [0.15, 0.2) is 42.6 Å². The van der Waals surface area contributed by atoms with Crippen molar-refractivity contribution >= 4 is 5.96 Å². The number of nitrogens with one attached hydrogen (secondary N) is 2. The zero-order valence-corrected chi connectivity index (χ0v) is 16.3. The maximum Gasteiger partial charge on any atom is 0.203 e. The van der Waals surface area contributed by atoms with Gasteiger partial charge in [-0.3, -0.25) is 15.4 Å². The maximum absolute atomic E-state index is 8.57. The molecule has 0 saturated carbocycles. The molecule has 2 aliphatic rings. The number of hydrogen-bond donors (Lipinski definition) is 3. The summed E-state index contributed by atoms with van der Waals surface area (Å²) in [7, 11) is 2.09. The van der Waals surface area contributed by atoms with Gasteiger partial charge in [-0.1, -0.05) is 24.3 Å². The first-order valence-electron chi connectivity index (χ1n) is 9.83. The molecule has 0 bridgehead atoms. The highest BCUT2D eigenvalue weighted by Gasteiger charge is 2.26. The second-order valence-corrected chi connectivity index (χ2v) is 7.65. The Kier molecular flexibility index (Phi) is 5.19. The Morgan fingerprint density at radius 3 is 2.50 bits per heavy atom. The third kappa shape index (κ3) is 3.68. The lowest BCUT2D eigenvalue weighted by Crippen LogP contribution is -2.50. The molecule has 1 fully saturated rings. The van der Waals surface area contributed by atoms with E-state index in [1.807, 2.05) is 23.1 Å². The Balaban J connectivity index is 1.56. The molecule has 7 nitrogen and oxygen atoms in total. The summed E-state index contributed by atoms with van der Waals surface area (Å²) in [6.07, 6.45) is 3.45. The Bertz CT molecular complexity index is 915. The van der Waals surface area contributed by atoms with Crippen molar-refractivity contribution in [3.63, 3.8) is 0 Å². The van der Waals surface area contributed by atoms with Crippen molar-refractivity contribution in [3.8, 4) is 5.75 Å². The lowest BCUT2D eigenvalue weighted by Gasteiger charge is -2.34. The molecule has 148 valence electrons. The molecular weight excluding hydrogens is 352 g/mol. The molecule has 2 heterocycles. The topological polar surface area (TPSA) is 94.4 Å². The van der Waals surface area contributed by atoms with Crippen LogP contribution in [0.3, 0.4) is 0 Å². The molecule has 1 aromatic carbocycles. The average molecular weight is 380 g/mol. The minimum absolute atomic E-state index is 0.0566. The molecular formula is C21H28N6O. The zero-order valence-electron chi connectivity index (χ0n) is 16.3. The largest absolute Gasteiger partial charge is 0.484 e. The van der Waals surface area contributed by atoms with Crippen LogP contribution in [0.25, 0.3) is 0 Å². The van der Waals surface area contributed by atoms with Gasteiger partial charge in [-0.15, -0.1) is 0 Å². The highest BCUT2D eigenvalue weighted by molar-refractivity contribution is 5.79. The molecule has 1 aromatic heterocycles. The van der Waals surface area contributed by atoms with E-state index in [4.69, 9.17) is 21.3 Å². The van der Waals surface area contributed by atoms with Gasteiger partial charge >= 0.3 is 0 Å². The van der Waals surface area contributed by atoms with Crippen molar-refractivity contribution in [2.75, 3.05) is 33.2 Å². The molecule has 7 heteroatoms. The number of likely N-dealkylation sites (N-methyl/N-ethyl adjacent to an activating group) is 1. The minimum Gasteiger partial charge on any atom is -0.484 e. The summed E-state index contributed by atoms with van der Waals surface area (Å²) in [6.45, 7) is 3.43. The number of hydrogen-bond acceptors (Lipinski definition) is 5. The third-order valence-corrected chi connectivity index (χ3v) is 5.71. The van der Waals surface area contributed by atoms with Gasteiger partial charge in [-0.25, -0.2) is 0 Å². The van der Waals surface area contributed by atoms with Crippen molar-refractivity contribution in [2.45, 2.75) is 25.0 Å². The average Bonchev–Trinajstić information content (AvgIpc) is 2.72. The van der Waals surface area contributed by atoms with Gasteiger partial charge in [0, 0.05) is 32.2 Å². The molecule has 1 saturated heterocycles. The van der Waals surface area contributed by atoms with Crippen LogP contribution in [0, 0.1) is 10.8 Å². The third-order valence-electron chi connectivity index (χ3n) is 5.71. The van der Waals surface area contributed by atoms with Crippen LogP contribution in [0.1, 0.15) is 36.1 Å². The normalized spacial score (nSPS) is 22.6. The van der Waals surface area contributed by atoms with Crippen LogP contribution in [0.2, 0.25) is 0 Å². The summed E-state index contributed by atoms with van der Waals surface area (Å²) in [6, 6.07) is 11.8. The predicted molar refractivity (Wildman–Crippen MR) is 108 cm³/mol. The van der Waals surface area contributed by atoms with Gasteiger partial charge in [0.25, 0.3) is 0 Å². The number of nitrogens with zero attached hydrogens (tertiary/aromatic N) is 3. The highest BCUT2D eigenvalue weighted by atomic mass is 16.5. The van der Waals surface area contributed by atoms with Crippen molar-refractivity contribution in [3.05, 3.63) is 59.2 Å². The van der Waals surface area contributed by atoms with Gasteiger partial charge in [0.1, 0.15) is 17.3 Å². The number of piperazine rings is 1. The SMILES string of the molecule is CN1CCN(C(=N)n2cc(OC3CCC(N)c4ccccc43)ccc2=N)CC1. The Morgan fingerprint density at radius 1 is 1.04 bits per heavy atom. The summed E-state index contributed by atoms with van der Waals surface area (Å²) < 4.78 is 7.90. The summed E-state index contributed by atoms with van der Waals surface area (Å²) in [5.41, 5.74) is 8.82. The molecule has 1 aliphatic carbocycles. The number of rotatable bonds is 2. The van der Waals surface area contributed by atoms with Gasteiger partial charge in [-0.05, 0) is 43.1 Å². The minimum atomic E-state index is -0.0566. The Labute approximate surface area is 165 Å². The molecule has 1 aliphatic heterocycles. The molecule has 2 unspecified atom stereocenters. The van der Waals surface area contributed by atoms with Crippen LogP contribution < -0.4 is 16.0 Å². The van der Waals surface area contributed by atoms with E-state index >= 15 is 0 Å². The summed E-state index contributed by atoms with van der Waals surface area (Å²) >= 11 is 0. The van der Waals surface area contributed by atoms with Gasteiger partial charge in [0.05, 0.1) is 6.20 Å². The quantitative estimate of drug-likeness (QED) is 0.548. The molecule has 4 N–H and O–H groups in total. The van der Waals surface area contributed by atoms with Crippen molar-refractivity contribution in [1.82, 2.24) is 14.4 Å². The fourth-order valence-electron chi connectivity index (χ4n) is 3.97. The zero-order chi connectivity index (χ0) is 19.7. The number of fused-ring (bicyclic) bond motifs is 1. The number of aromatic nitrogens is 1. The van der Waals surface area contributed by atoms with E-state index in [0.717, 1.165) is 50.1 Å². The molecule has 0 amide bonds. The fraction of sp³-hybridized carbons (Fsp3) is 0.429. The van der Waals surface area contributed by atoms with E-state index in [2.05, 4.69) is 24.1 Å². The van der Waals surface area contributed by atoms with Crippen LogP contribution in [0.4, 0.5) is 0 Å². The van der Waals surface area contributed by atoms with Crippen molar-refractivity contribution in [2.24, 2.45) is 5.73 Å². The molecule has 2 aromatic rings. The first kappa shape index (κ1) is 18.7. The highest BCUT2D eigenvalue weighted by Crippen LogP contribution is 2.37. The smallest absolute Gasteiger partial charge is 0.203 e. The molecule has 2 atom stereocenters. The summed E-state index contributed by atoms with van der Waals surface area (Å²) in [5, 5.41) is 16.8. The van der Waals surface area contributed by atoms with Crippen LogP contribution >= 0.6 is 0 Å².